The van der Waals surface area contributed by atoms with Crippen molar-refractivity contribution in [2.75, 3.05) is 13.1 Å². The normalized spacial score (nSPS) is 15.2. The maximum Gasteiger partial charge on any atom is 0.265 e. The molecule has 0 aliphatic carbocycles. The molecule has 2 aromatic carbocycles. The number of thiazole rings is 1. The number of nitrogens with one attached hydrogen (secondary N) is 1. The Morgan fingerprint density at radius 2 is 1.79 bits per heavy atom. The Kier molecular flexibility index (Phi) is 7.36. The smallest absolute Gasteiger partial charge is 0.265 e. The number of aryl methyl sites for hydroxylation is 1. The lowest BCUT2D eigenvalue weighted by atomic mass is 9.84. The van der Waals surface area contributed by atoms with E-state index in [1.165, 1.54) is 29.5 Å². The molecule has 0 bridgehead atoms. The molecule has 1 atom stereocenters. The van der Waals surface area contributed by atoms with E-state index >= 15 is 0 Å². The van der Waals surface area contributed by atoms with E-state index < -0.39 is 0 Å². The summed E-state index contributed by atoms with van der Waals surface area (Å²) in [5.74, 6) is -0.871. The number of amides is 2. The van der Waals surface area contributed by atoms with Gasteiger partial charge in [-0.15, -0.1) is 11.3 Å². The van der Waals surface area contributed by atoms with Gasteiger partial charge >= 0.3 is 0 Å². The Labute approximate surface area is 201 Å². The summed E-state index contributed by atoms with van der Waals surface area (Å²) < 4.78 is 27.0. The summed E-state index contributed by atoms with van der Waals surface area (Å²) in [6.07, 6.45) is 1.45. The van der Waals surface area contributed by atoms with Crippen molar-refractivity contribution < 1.29 is 18.4 Å². The summed E-state index contributed by atoms with van der Waals surface area (Å²) in [4.78, 5) is 32.7. The average Bonchev–Trinajstić information content (AvgIpc) is 3.24. The van der Waals surface area contributed by atoms with Crippen molar-refractivity contribution >= 4 is 23.2 Å². The molecule has 34 heavy (non-hydrogen) atoms. The Morgan fingerprint density at radius 1 is 1.12 bits per heavy atom. The molecule has 0 unspecified atom stereocenters. The minimum atomic E-state index is -0.330. The van der Waals surface area contributed by atoms with Crippen LogP contribution in [-0.2, 0) is 11.3 Å². The lowest BCUT2D eigenvalue weighted by Gasteiger charge is -2.34. The second-order valence-electron chi connectivity index (χ2n) is 8.67. The third-order valence-corrected chi connectivity index (χ3v) is 7.63. The van der Waals surface area contributed by atoms with Crippen molar-refractivity contribution in [3.05, 3.63) is 76.3 Å². The van der Waals surface area contributed by atoms with Gasteiger partial charge in [0.15, 0.2) is 0 Å². The molecular weight excluding hydrogens is 456 g/mol. The van der Waals surface area contributed by atoms with Crippen LogP contribution in [0.4, 0.5) is 8.78 Å². The van der Waals surface area contributed by atoms with E-state index in [2.05, 4.69) is 10.3 Å². The molecule has 0 spiro atoms. The van der Waals surface area contributed by atoms with Gasteiger partial charge in [-0.3, -0.25) is 9.59 Å². The summed E-state index contributed by atoms with van der Waals surface area (Å²) in [6, 6.07) is 12.5. The second-order valence-corrected chi connectivity index (χ2v) is 9.67. The first-order chi connectivity index (χ1) is 16.3. The van der Waals surface area contributed by atoms with Gasteiger partial charge in [-0.1, -0.05) is 25.1 Å². The van der Waals surface area contributed by atoms with Crippen LogP contribution in [0, 0.1) is 30.4 Å². The molecule has 1 aliphatic heterocycles. The fraction of sp³-hybridized carbons (Fsp3) is 0.346. The van der Waals surface area contributed by atoms with Gasteiger partial charge < -0.3 is 10.2 Å². The van der Waals surface area contributed by atoms with Crippen LogP contribution >= 0.6 is 11.3 Å². The van der Waals surface area contributed by atoms with Crippen LogP contribution in [0.5, 0.6) is 0 Å². The van der Waals surface area contributed by atoms with E-state index in [4.69, 9.17) is 0 Å². The van der Waals surface area contributed by atoms with Crippen LogP contribution in [0.15, 0.2) is 48.5 Å². The topological polar surface area (TPSA) is 62.3 Å². The molecule has 5 nitrogen and oxygen atoms in total. The SMILES string of the molecule is Cc1nc(-c2ccc(F)cc2)sc1C(=O)N1CCC([C@@H](C)C(=O)NCc2ccccc2F)CC1. The molecule has 1 fully saturated rings. The molecule has 0 saturated carbocycles. The molecule has 2 amide bonds. The molecule has 178 valence electrons. The minimum absolute atomic E-state index is 0.0570. The second kappa shape index (κ2) is 10.4. The number of hydrogen-bond donors (Lipinski definition) is 1. The van der Waals surface area contributed by atoms with Gasteiger partial charge in [-0.05, 0) is 56.0 Å². The number of halogens is 2. The Hall–Kier alpha value is -3.13. The summed E-state index contributed by atoms with van der Waals surface area (Å²) in [7, 11) is 0. The molecule has 1 aromatic heterocycles. The first-order valence-corrected chi connectivity index (χ1v) is 12.2. The molecule has 3 aromatic rings. The summed E-state index contributed by atoms with van der Waals surface area (Å²) in [5.41, 5.74) is 1.91. The van der Waals surface area contributed by atoms with Gasteiger partial charge in [0.25, 0.3) is 5.91 Å². The highest BCUT2D eigenvalue weighted by Gasteiger charge is 2.31. The van der Waals surface area contributed by atoms with Gasteiger partial charge in [0, 0.05) is 36.7 Å². The predicted molar refractivity (Wildman–Crippen MR) is 128 cm³/mol. The lowest BCUT2D eigenvalue weighted by molar-refractivity contribution is -0.126. The van der Waals surface area contributed by atoms with Gasteiger partial charge in [-0.2, -0.15) is 0 Å². The van der Waals surface area contributed by atoms with Gasteiger partial charge in [0.05, 0.1) is 5.69 Å². The van der Waals surface area contributed by atoms with Crippen LogP contribution in [0.2, 0.25) is 0 Å². The van der Waals surface area contributed by atoms with Crippen molar-refractivity contribution in [2.24, 2.45) is 11.8 Å². The van der Waals surface area contributed by atoms with Crippen molar-refractivity contribution in [3.8, 4) is 10.6 Å². The third-order valence-electron chi connectivity index (χ3n) is 6.44. The summed E-state index contributed by atoms with van der Waals surface area (Å²) in [5, 5.41) is 3.53. The molecule has 1 N–H and O–H groups in total. The van der Waals surface area contributed by atoms with Crippen LogP contribution in [0.25, 0.3) is 10.6 Å². The number of carbonyl (C=O) groups excluding carboxylic acids is 2. The zero-order chi connectivity index (χ0) is 24.2. The highest BCUT2D eigenvalue weighted by atomic mass is 32.1. The lowest BCUT2D eigenvalue weighted by Crippen LogP contribution is -2.42. The zero-order valence-corrected chi connectivity index (χ0v) is 20.0. The number of carbonyl (C=O) groups is 2. The maximum atomic E-state index is 13.8. The van der Waals surface area contributed by atoms with Crippen LogP contribution in [0.3, 0.4) is 0 Å². The molecule has 1 saturated heterocycles. The van der Waals surface area contributed by atoms with E-state index in [1.54, 1.807) is 30.3 Å². The highest BCUT2D eigenvalue weighted by molar-refractivity contribution is 7.17. The number of hydrogen-bond acceptors (Lipinski definition) is 4. The number of benzene rings is 2. The first kappa shape index (κ1) is 24.0. The van der Waals surface area contributed by atoms with E-state index in [-0.39, 0.29) is 41.8 Å². The standard InChI is InChI=1S/C26H27F2N3O2S/c1-16(24(32)29-15-20-5-3-4-6-22(20)28)18-11-13-31(14-12-18)26(33)23-17(2)30-25(34-23)19-7-9-21(27)10-8-19/h3-10,16,18H,11-15H2,1-2H3,(H,29,32)/t16-/m1/s1. The number of nitrogens with zero attached hydrogens (tertiary/aromatic N) is 2. The largest absolute Gasteiger partial charge is 0.352 e. The van der Waals surface area contributed by atoms with Gasteiger partial charge in [0.2, 0.25) is 5.91 Å². The third kappa shape index (κ3) is 5.33. The van der Waals surface area contributed by atoms with E-state index in [1.807, 2.05) is 18.7 Å². The number of likely N-dealkylation sites (tertiary alicyclic amines) is 1. The van der Waals surface area contributed by atoms with Crippen molar-refractivity contribution in [1.82, 2.24) is 15.2 Å². The highest BCUT2D eigenvalue weighted by Crippen LogP contribution is 2.31. The zero-order valence-electron chi connectivity index (χ0n) is 19.2. The van der Waals surface area contributed by atoms with Crippen molar-refractivity contribution in [3.63, 3.8) is 0 Å². The van der Waals surface area contributed by atoms with E-state index in [0.717, 1.165) is 18.4 Å². The molecule has 4 rings (SSSR count). The molecular formula is C26H27F2N3O2S. The van der Waals surface area contributed by atoms with Crippen molar-refractivity contribution in [1.29, 1.82) is 0 Å². The summed E-state index contributed by atoms with van der Waals surface area (Å²) in [6.45, 7) is 5.00. The van der Waals surface area contributed by atoms with Crippen LogP contribution in [-0.4, -0.2) is 34.8 Å². The van der Waals surface area contributed by atoms with Crippen molar-refractivity contribution in [2.45, 2.75) is 33.2 Å². The Bertz CT molecular complexity index is 1170. The van der Waals surface area contributed by atoms with Gasteiger partial charge in [0.1, 0.15) is 21.5 Å². The fourth-order valence-electron chi connectivity index (χ4n) is 4.26. The predicted octanol–water partition coefficient (Wildman–Crippen LogP) is 5.20. The molecule has 8 heteroatoms. The van der Waals surface area contributed by atoms with Crippen LogP contribution < -0.4 is 5.32 Å². The van der Waals surface area contributed by atoms with Gasteiger partial charge in [-0.25, -0.2) is 13.8 Å². The maximum absolute atomic E-state index is 13.8. The molecule has 1 aliphatic rings. The van der Waals surface area contributed by atoms with Crippen LogP contribution in [0.1, 0.15) is 40.7 Å². The molecule has 2 heterocycles. The summed E-state index contributed by atoms with van der Waals surface area (Å²) >= 11 is 1.32. The number of aromatic nitrogens is 1. The molecule has 0 radical (unpaired) electrons. The average molecular weight is 484 g/mol. The fourth-order valence-corrected chi connectivity index (χ4v) is 5.30. The minimum Gasteiger partial charge on any atom is -0.352 e. The number of piperidine rings is 1. The Morgan fingerprint density at radius 3 is 2.47 bits per heavy atom. The van der Waals surface area contributed by atoms with E-state index in [9.17, 15) is 18.4 Å². The Balaban J connectivity index is 1.32. The monoisotopic (exact) mass is 483 g/mol. The van der Waals surface area contributed by atoms with E-state index in [0.29, 0.717) is 34.2 Å². The number of rotatable bonds is 6. The first-order valence-electron chi connectivity index (χ1n) is 11.4. The quantitative estimate of drug-likeness (QED) is 0.524.